The zero-order valence-electron chi connectivity index (χ0n) is 59.7. The van der Waals surface area contributed by atoms with Crippen molar-refractivity contribution in [2.45, 2.75) is 400 Å². The van der Waals surface area contributed by atoms with Gasteiger partial charge in [-0.15, -0.1) is 0 Å². The van der Waals surface area contributed by atoms with E-state index in [0.717, 1.165) is 115 Å². The van der Waals surface area contributed by atoms with Crippen LogP contribution in [0.15, 0.2) is 0 Å². The molecule has 19 heteroatoms. The number of esters is 4. The van der Waals surface area contributed by atoms with E-state index >= 15 is 0 Å². The Kier molecular flexibility index (Phi) is 64.9. The molecule has 0 aliphatic carbocycles. The molecule has 0 heterocycles. The molecule has 0 aliphatic rings. The fourth-order valence-corrected chi connectivity index (χ4v) is 12.8. The van der Waals surface area contributed by atoms with E-state index in [1.807, 2.05) is 0 Å². The smallest absolute Gasteiger partial charge is 0.462 e. The summed E-state index contributed by atoms with van der Waals surface area (Å²) < 4.78 is 68.2. The van der Waals surface area contributed by atoms with E-state index in [1.165, 1.54) is 186 Å². The van der Waals surface area contributed by atoms with Crippen LogP contribution in [-0.2, 0) is 65.4 Å². The zero-order chi connectivity index (χ0) is 67.7. The summed E-state index contributed by atoms with van der Waals surface area (Å²) in [6, 6.07) is 0. The number of phosphoric acid groups is 2. The van der Waals surface area contributed by atoms with E-state index in [2.05, 4.69) is 34.6 Å². The Bertz CT molecular complexity index is 1770. The van der Waals surface area contributed by atoms with Crippen molar-refractivity contribution in [1.82, 2.24) is 0 Å². The average molecular weight is 1350 g/mol. The van der Waals surface area contributed by atoms with Crippen molar-refractivity contribution >= 4 is 39.5 Å². The Hall–Kier alpha value is -1.94. The molecule has 92 heavy (non-hydrogen) atoms. The quantitative estimate of drug-likeness (QED) is 0.0222. The molecule has 17 nitrogen and oxygen atoms in total. The Labute approximate surface area is 562 Å². The highest BCUT2D eigenvalue weighted by Crippen LogP contribution is 2.45. The molecule has 0 aromatic heterocycles. The highest BCUT2D eigenvalue weighted by atomic mass is 31.2. The van der Waals surface area contributed by atoms with Gasteiger partial charge in [0.25, 0.3) is 0 Å². The van der Waals surface area contributed by atoms with Gasteiger partial charge in [0.15, 0.2) is 12.2 Å². The van der Waals surface area contributed by atoms with Crippen LogP contribution in [0.5, 0.6) is 0 Å². The number of unbranched alkanes of at least 4 members (excludes halogenated alkanes) is 45. The third-order valence-corrected chi connectivity index (χ3v) is 18.9. The lowest BCUT2D eigenvalue weighted by Gasteiger charge is -2.21. The van der Waals surface area contributed by atoms with E-state index in [9.17, 15) is 43.2 Å². The standard InChI is InChI=1S/C73H142O17P2/c1-6-9-12-15-18-20-21-22-23-24-25-26-27-28-29-30-31-36-39-44-49-54-59-73(78)90-69(63-84-71(76)57-52-47-43-38-35-33-32-34-37-41-45-50-55-66(4)5)65-88-92(81,82)86-61-67(74)60-85-91(79,80)87-64-68(62-83-70(75)56-51-46-40-17-14-11-8-3)89-72(77)58-53-48-42-19-16-13-10-7-2/h66-69,74H,6-65H2,1-5H3,(H,79,80)(H,81,82)/t67-,68+,69+/m0/s1. The van der Waals surface area contributed by atoms with Crippen LogP contribution in [0.2, 0.25) is 0 Å². The average Bonchev–Trinajstić information content (AvgIpc) is 1.85. The van der Waals surface area contributed by atoms with Gasteiger partial charge in [-0.2, -0.15) is 0 Å². The van der Waals surface area contributed by atoms with Gasteiger partial charge in [0, 0.05) is 25.7 Å². The second-order valence-electron chi connectivity index (χ2n) is 26.8. The summed E-state index contributed by atoms with van der Waals surface area (Å²) in [6.45, 7) is 7.20. The summed E-state index contributed by atoms with van der Waals surface area (Å²) in [6.07, 6.45) is 54.5. The van der Waals surface area contributed by atoms with Crippen LogP contribution in [-0.4, -0.2) is 96.7 Å². The van der Waals surface area contributed by atoms with E-state index in [1.54, 1.807) is 0 Å². The van der Waals surface area contributed by atoms with Crippen LogP contribution in [0.4, 0.5) is 0 Å². The summed E-state index contributed by atoms with van der Waals surface area (Å²) in [7, 11) is -9.89. The molecule has 0 aliphatic heterocycles. The normalized spacial score (nSPS) is 14.0. The number of rotatable bonds is 73. The molecule has 0 rings (SSSR count). The molecule has 546 valence electrons. The summed E-state index contributed by atoms with van der Waals surface area (Å²) in [5.74, 6) is -1.35. The summed E-state index contributed by atoms with van der Waals surface area (Å²) in [5, 5.41) is 10.6. The van der Waals surface area contributed by atoms with Gasteiger partial charge in [-0.05, 0) is 31.6 Å². The minimum absolute atomic E-state index is 0.105. The van der Waals surface area contributed by atoms with Crippen molar-refractivity contribution in [3.63, 3.8) is 0 Å². The second-order valence-corrected chi connectivity index (χ2v) is 29.7. The van der Waals surface area contributed by atoms with Gasteiger partial charge >= 0.3 is 39.5 Å². The van der Waals surface area contributed by atoms with Crippen LogP contribution >= 0.6 is 15.6 Å². The van der Waals surface area contributed by atoms with Gasteiger partial charge in [0.1, 0.15) is 19.3 Å². The van der Waals surface area contributed by atoms with Crippen molar-refractivity contribution in [1.29, 1.82) is 0 Å². The fourth-order valence-electron chi connectivity index (χ4n) is 11.2. The minimum atomic E-state index is -4.95. The maximum atomic E-state index is 13.1. The highest BCUT2D eigenvalue weighted by Gasteiger charge is 2.30. The lowest BCUT2D eigenvalue weighted by atomic mass is 10.0. The lowest BCUT2D eigenvalue weighted by Crippen LogP contribution is -2.30. The third-order valence-electron chi connectivity index (χ3n) is 17.0. The van der Waals surface area contributed by atoms with Gasteiger partial charge in [-0.3, -0.25) is 37.3 Å². The van der Waals surface area contributed by atoms with Crippen molar-refractivity contribution in [2.24, 2.45) is 5.92 Å². The summed E-state index contributed by atoms with van der Waals surface area (Å²) in [5.41, 5.74) is 0. The first-order chi connectivity index (χ1) is 44.5. The molecule has 0 aromatic carbocycles. The Morgan fingerprint density at radius 3 is 0.739 bits per heavy atom. The topological polar surface area (TPSA) is 237 Å². The summed E-state index contributed by atoms with van der Waals surface area (Å²) >= 11 is 0. The second kappa shape index (κ2) is 66.3. The SMILES string of the molecule is CCCCCCCCCCCCCCCCCCCCCCCCC(=O)O[C@H](COC(=O)CCCCCCCCCCCCCCC(C)C)COP(=O)(O)OC[C@@H](O)COP(=O)(O)OC[C@@H](COC(=O)CCCCCCCCC)OC(=O)CCCCCCCCCC. The number of carbonyl (C=O) groups is 4. The van der Waals surface area contributed by atoms with E-state index < -0.39 is 97.5 Å². The molecular formula is C73H142O17P2. The monoisotopic (exact) mass is 1350 g/mol. The minimum Gasteiger partial charge on any atom is -0.462 e. The maximum Gasteiger partial charge on any atom is 0.472 e. The van der Waals surface area contributed by atoms with Crippen LogP contribution in [0.1, 0.15) is 381 Å². The van der Waals surface area contributed by atoms with E-state index in [0.29, 0.717) is 25.7 Å². The number of aliphatic hydroxyl groups excluding tert-OH is 1. The van der Waals surface area contributed by atoms with Crippen molar-refractivity contribution in [3.8, 4) is 0 Å². The number of carbonyl (C=O) groups excluding carboxylic acids is 4. The largest absolute Gasteiger partial charge is 0.472 e. The highest BCUT2D eigenvalue weighted by molar-refractivity contribution is 7.47. The molecule has 0 aromatic rings. The molecule has 2 unspecified atom stereocenters. The Morgan fingerprint density at radius 1 is 0.293 bits per heavy atom. The van der Waals surface area contributed by atoms with Crippen molar-refractivity contribution in [2.75, 3.05) is 39.6 Å². The molecule has 0 amide bonds. The van der Waals surface area contributed by atoms with Gasteiger partial charge in [0.05, 0.1) is 26.4 Å². The number of ether oxygens (including phenoxy) is 4. The van der Waals surface area contributed by atoms with Crippen LogP contribution in [0, 0.1) is 5.92 Å². The molecule has 3 N–H and O–H groups in total. The number of hydrogen-bond acceptors (Lipinski definition) is 15. The maximum absolute atomic E-state index is 13.1. The van der Waals surface area contributed by atoms with Gasteiger partial charge in [-0.1, -0.05) is 330 Å². The molecule has 0 fully saturated rings. The molecule has 5 atom stereocenters. The van der Waals surface area contributed by atoms with Gasteiger partial charge < -0.3 is 33.8 Å². The lowest BCUT2D eigenvalue weighted by molar-refractivity contribution is -0.161. The number of phosphoric ester groups is 2. The van der Waals surface area contributed by atoms with E-state index in [4.69, 9.17) is 37.0 Å². The summed E-state index contributed by atoms with van der Waals surface area (Å²) in [4.78, 5) is 72.4. The first-order valence-corrected chi connectivity index (χ1v) is 41.1. The first-order valence-electron chi connectivity index (χ1n) is 38.1. The van der Waals surface area contributed by atoms with Crippen LogP contribution in [0.25, 0.3) is 0 Å². The molecule has 0 spiro atoms. The molecule has 0 saturated heterocycles. The predicted molar refractivity (Wildman–Crippen MR) is 372 cm³/mol. The fraction of sp³-hybridized carbons (Fsp3) is 0.945. The van der Waals surface area contributed by atoms with E-state index in [-0.39, 0.29) is 25.7 Å². The number of aliphatic hydroxyl groups is 1. The third kappa shape index (κ3) is 66.7. The molecular weight excluding hydrogens is 1210 g/mol. The Balaban J connectivity index is 5.11. The van der Waals surface area contributed by atoms with Gasteiger partial charge in [0.2, 0.25) is 0 Å². The predicted octanol–water partition coefficient (Wildman–Crippen LogP) is 21.3. The van der Waals surface area contributed by atoms with Gasteiger partial charge in [-0.25, -0.2) is 9.13 Å². The van der Waals surface area contributed by atoms with Crippen molar-refractivity contribution < 1.29 is 80.2 Å². The van der Waals surface area contributed by atoms with Crippen molar-refractivity contribution in [3.05, 3.63) is 0 Å². The first kappa shape index (κ1) is 90.1. The zero-order valence-corrected chi connectivity index (χ0v) is 61.5. The molecule has 0 saturated carbocycles. The molecule has 0 bridgehead atoms. The van der Waals surface area contributed by atoms with Crippen LogP contribution < -0.4 is 0 Å². The Morgan fingerprint density at radius 2 is 0.500 bits per heavy atom. The number of hydrogen-bond donors (Lipinski definition) is 3. The molecule has 0 radical (unpaired) electrons. The van der Waals surface area contributed by atoms with Crippen LogP contribution in [0.3, 0.4) is 0 Å².